The highest BCUT2D eigenvalue weighted by atomic mass is 19.1. The van der Waals surface area contributed by atoms with Crippen LogP contribution in [0.3, 0.4) is 0 Å². The van der Waals surface area contributed by atoms with Gasteiger partial charge in [0, 0.05) is 6.20 Å². The molecule has 0 fully saturated rings. The lowest BCUT2D eigenvalue weighted by atomic mass is 10.3. The standard InChI is InChI=1S/C8H13FN2/c1-3-8(9)6-11-5-4-7(2)10-11/h4-5,8H,3,6H2,1-2H3. The molecule has 0 bridgehead atoms. The topological polar surface area (TPSA) is 17.8 Å². The van der Waals surface area contributed by atoms with Gasteiger partial charge < -0.3 is 0 Å². The summed E-state index contributed by atoms with van der Waals surface area (Å²) in [5, 5.41) is 4.08. The van der Waals surface area contributed by atoms with Crippen molar-refractivity contribution in [3.63, 3.8) is 0 Å². The molecule has 2 nitrogen and oxygen atoms in total. The molecule has 1 aromatic heterocycles. The molecule has 1 aromatic rings. The van der Waals surface area contributed by atoms with Crippen LogP contribution in [0.5, 0.6) is 0 Å². The smallest absolute Gasteiger partial charge is 0.119 e. The van der Waals surface area contributed by atoms with Crippen molar-refractivity contribution in [3.8, 4) is 0 Å². The minimum Gasteiger partial charge on any atom is -0.270 e. The molecular formula is C8H13FN2. The summed E-state index contributed by atoms with van der Waals surface area (Å²) >= 11 is 0. The summed E-state index contributed by atoms with van der Waals surface area (Å²) in [6.45, 7) is 4.11. The van der Waals surface area contributed by atoms with Crippen LogP contribution in [-0.4, -0.2) is 16.0 Å². The Balaban J connectivity index is 2.50. The van der Waals surface area contributed by atoms with E-state index in [1.165, 1.54) is 0 Å². The molecule has 0 radical (unpaired) electrons. The number of alkyl halides is 1. The van der Waals surface area contributed by atoms with E-state index in [1.807, 2.05) is 19.9 Å². The van der Waals surface area contributed by atoms with E-state index in [0.717, 1.165) is 5.69 Å². The van der Waals surface area contributed by atoms with Crippen molar-refractivity contribution in [1.29, 1.82) is 0 Å². The van der Waals surface area contributed by atoms with Crippen LogP contribution in [0.4, 0.5) is 4.39 Å². The molecule has 1 heterocycles. The summed E-state index contributed by atoms with van der Waals surface area (Å²) in [4.78, 5) is 0. The van der Waals surface area contributed by atoms with E-state index in [9.17, 15) is 4.39 Å². The van der Waals surface area contributed by atoms with Crippen molar-refractivity contribution in [2.45, 2.75) is 33.0 Å². The van der Waals surface area contributed by atoms with E-state index in [1.54, 1.807) is 10.9 Å². The summed E-state index contributed by atoms with van der Waals surface area (Å²) in [5.41, 5.74) is 0.938. The first kappa shape index (κ1) is 8.24. The molecule has 0 aliphatic carbocycles. The largest absolute Gasteiger partial charge is 0.270 e. The molecule has 1 unspecified atom stereocenters. The van der Waals surface area contributed by atoms with Gasteiger partial charge in [0.15, 0.2) is 0 Å². The lowest BCUT2D eigenvalue weighted by Gasteiger charge is -2.03. The van der Waals surface area contributed by atoms with E-state index >= 15 is 0 Å². The first-order valence-corrected chi connectivity index (χ1v) is 3.86. The predicted molar refractivity (Wildman–Crippen MR) is 42.2 cm³/mol. The highest BCUT2D eigenvalue weighted by Crippen LogP contribution is 2.01. The minimum absolute atomic E-state index is 0.379. The zero-order valence-electron chi connectivity index (χ0n) is 6.92. The van der Waals surface area contributed by atoms with Crippen LogP contribution < -0.4 is 0 Å². The Hall–Kier alpha value is -0.860. The zero-order valence-corrected chi connectivity index (χ0v) is 6.92. The maximum absolute atomic E-state index is 12.8. The predicted octanol–water partition coefficient (Wildman–Crippen LogP) is 1.94. The fourth-order valence-electron chi connectivity index (χ4n) is 0.897. The number of nitrogens with zero attached hydrogens (tertiary/aromatic N) is 2. The van der Waals surface area contributed by atoms with Crippen LogP contribution in [0.25, 0.3) is 0 Å². The Bertz CT molecular complexity index is 220. The molecule has 0 amide bonds. The van der Waals surface area contributed by atoms with Gasteiger partial charge in [-0.15, -0.1) is 0 Å². The molecule has 0 N–H and O–H groups in total. The third-order valence-corrected chi connectivity index (χ3v) is 1.60. The molecule has 0 aliphatic heterocycles. The van der Waals surface area contributed by atoms with Crippen molar-refractivity contribution < 1.29 is 4.39 Å². The van der Waals surface area contributed by atoms with Gasteiger partial charge in [0.25, 0.3) is 0 Å². The Morgan fingerprint density at radius 2 is 2.45 bits per heavy atom. The molecule has 62 valence electrons. The van der Waals surface area contributed by atoms with E-state index in [2.05, 4.69) is 5.10 Å². The molecule has 0 saturated heterocycles. The first-order chi connectivity index (χ1) is 5.22. The fraction of sp³-hybridized carbons (Fsp3) is 0.625. The van der Waals surface area contributed by atoms with Crippen molar-refractivity contribution >= 4 is 0 Å². The second-order valence-corrected chi connectivity index (χ2v) is 2.68. The molecule has 1 atom stereocenters. The molecule has 0 aliphatic rings. The van der Waals surface area contributed by atoms with Crippen LogP contribution in [0.2, 0.25) is 0 Å². The molecule has 3 heteroatoms. The van der Waals surface area contributed by atoms with Gasteiger partial charge in [-0.25, -0.2) is 4.39 Å². The molecule has 1 rings (SSSR count). The second kappa shape index (κ2) is 3.51. The molecule has 0 spiro atoms. The summed E-state index contributed by atoms with van der Waals surface area (Å²) in [7, 11) is 0. The Labute approximate surface area is 66.0 Å². The van der Waals surface area contributed by atoms with E-state index in [-0.39, 0.29) is 0 Å². The van der Waals surface area contributed by atoms with Crippen molar-refractivity contribution in [3.05, 3.63) is 18.0 Å². The van der Waals surface area contributed by atoms with Gasteiger partial charge in [-0.3, -0.25) is 4.68 Å². The normalized spacial score (nSPS) is 13.4. The van der Waals surface area contributed by atoms with Crippen LogP contribution >= 0.6 is 0 Å². The first-order valence-electron chi connectivity index (χ1n) is 3.86. The Morgan fingerprint density at radius 1 is 1.73 bits per heavy atom. The fourth-order valence-corrected chi connectivity index (χ4v) is 0.897. The lowest BCUT2D eigenvalue weighted by molar-refractivity contribution is 0.277. The summed E-state index contributed by atoms with van der Waals surface area (Å²) in [5.74, 6) is 0. The van der Waals surface area contributed by atoms with Gasteiger partial charge in [-0.05, 0) is 19.4 Å². The van der Waals surface area contributed by atoms with Crippen LogP contribution in [0.15, 0.2) is 12.3 Å². The van der Waals surface area contributed by atoms with Gasteiger partial charge in [0.05, 0.1) is 12.2 Å². The SMILES string of the molecule is CCC(F)Cn1ccc(C)n1. The van der Waals surface area contributed by atoms with Gasteiger partial charge in [-0.2, -0.15) is 5.10 Å². The van der Waals surface area contributed by atoms with E-state index in [0.29, 0.717) is 13.0 Å². The van der Waals surface area contributed by atoms with Crippen LogP contribution in [0.1, 0.15) is 19.0 Å². The van der Waals surface area contributed by atoms with Crippen molar-refractivity contribution in [1.82, 2.24) is 9.78 Å². The maximum atomic E-state index is 12.8. The highest BCUT2D eigenvalue weighted by Gasteiger charge is 2.03. The number of aryl methyl sites for hydroxylation is 1. The number of halogens is 1. The Morgan fingerprint density at radius 3 is 2.91 bits per heavy atom. The maximum Gasteiger partial charge on any atom is 0.119 e. The minimum atomic E-state index is -0.769. The molecular weight excluding hydrogens is 143 g/mol. The van der Waals surface area contributed by atoms with E-state index < -0.39 is 6.17 Å². The monoisotopic (exact) mass is 156 g/mol. The lowest BCUT2D eigenvalue weighted by Crippen LogP contribution is -2.10. The number of rotatable bonds is 3. The van der Waals surface area contributed by atoms with E-state index in [4.69, 9.17) is 0 Å². The highest BCUT2D eigenvalue weighted by molar-refractivity contribution is 4.94. The van der Waals surface area contributed by atoms with Gasteiger partial charge >= 0.3 is 0 Å². The van der Waals surface area contributed by atoms with Gasteiger partial charge in [0.2, 0.25) is 0 Å². The number of hydrogen-bond acceptors (Lipinski definition) is 1. The van der Waals surface area contributed by atoms with Crippen LogP contribution in [-0.2, 0) is 6.54 Å². The van der Waals surface area contributed by atoms with Gasteiger partial charge in [-0.1, -0.05) is 6.92 Å². The molecule has 11 heavy (non-hydrogen) atoms. The van der Waals surface area contributed by atoms with Crippen LogP contribution in [0, 0.1) is 6.92 Å². The van der Waals surface area contributed by atoms with Crippen molar-refractivity contribution in [2.24, 2.45) is 0 Å². The summed E-state index contributed by atoms with van der Waals surface area (Å²) in [6.07, 6.45) is 1.59. The Kier molecular flexibility index (Phi) is 2.63. The third kappa shape index (κ3) is 2.33. The quantitative estimate of drug-likeness (QED) is 0.654. The average Bonchev–Trinajstić information content (AvgIpc) is 2.35. The number of hydrogen-bond donors (Lipinski definition) is 0. The zero-order chi connectivity index (χ0) is 8.27. The summed E-state index contributed by atoms with van der Waals surface area (Å²) < 4.78 is 14.4. The summed E-state index contributed by atoms with van der Waals surface area (Å²) in [6, 6.07) is 1.88. The molecule has 0 aromatic carbocycles. The van der Waals surface area contributed by atoms with Crippen molar-refractivity contribution in [2.75, 3.05) is 0 Å². The second-order valence-electron chi connectivity index (χ2n) is 2.68. The third-order valence-electron chi connectivity index (χ3n) is 1.60. The average molecular weight is 156 g/mol. The van der Waals surface area contributed by atoms with Gasteiger partial charge in [0.1, 0.15) is 6.17 Å². The molecule has 0 saturated carbocycles. The number of aromatic nitrogens is 2.